The summed E-state index contributed by atoms with van der Waals surface area (Å²) in [5.74, 6) is -0.158. The predicted octanol–water partition coefficient (Wildman–Crippen LogP) is 2.96. The number of carbonyl (C=O) groups is 1. The van der Waals surface area contributed by atoms with Crippen LogP contribution in [0.4, 0.5) is 5.69 Å². The number of fused-ring (bicyclic) bond motifs is 1. The van der Waals surface area contributed by atoms with Gasteiger partial charge in [0.2, 0.25) is 0 Å². The zero-order valence-corrected chi connectivity index (χ0v) is 11.7. The first-order chi connectivity index (χ1) is 9.28. The van der Waals surface area contributed by atoms with E-state index < -0.39 is 0 Å². The van der Waals surface area contributed by atoms with E-state index in [0.717, 1.165) is 33.0 Å². The number of aromatic nitrogens is 3. The van der Waals surface area contributed by atoms with E-state index in [1.807, 2.05) is 25.1 Å². The molecule has 2 aromatic heterocycles. The maximum absolute atomic E-state index is 12.1. The molecule has 0 saturated carbocycles. The number of amides is 1. The van der Waals surface area contributed by atoms with E-state index in [2.05, 4.69) is 19.3 Å². The minimum Gasteiger partial charge on any atom is -0.321 e. The molecule has 1 aromatic carbocycles. The van der Waals surface area contributed by atoms with Crippen LogP contribution in [0, 0.1) is 0 Å². The Morgan fingerprint density at radius 1 is 1.37 bits per heavy atom. The monoisotopic (exact) mass is 290 g/mol. The molecule has 0 atom stereocenters. The smallest absolute Gasteiger partial charge is 0.269 e. The van der Waals surface area contributed by atoms with Gasteiger partial charge in [-0.15, -0.1) is 5.10 Å². The van der Waals surface area contributed by atoms with Gasteiger partial charge in [-0.2, -0.15) is 4.37 Å². The van der Waals surface area contributed by atoms with Gasteiger partial charge in [0.1, 0.15) is 4.88 Å². The van der Waals surface area contributed by atoms with Crippen molar-refractivity contribution in [1.29, 1.82) is 0 Å². The van der Waals surface area contributed by atoms with Crippen molar-refractivity contribution in [3.05, 3.63) is 35.0 Å². The van der Waals surface area contributed by atoms with Crippen molar-refractivity contribution in [2.24, 2.45) is 0 Å². The topological polar surface area (TPSA) is 67.8 Å². The van der Waals surface area contributed by atoms with Gasteiger partial charge in [0, 0.05) is 17.3 Å². The van der Waals surface area contributed by atoms with Gasteiger partial charge in [0.15, 0.2) is 0 Å². The molecule has 1 amide bonds. The van der Waals surface area contributed by atoms with E-state index in [9.17, 15) is 4.79 Å². The normalized spacial score (nSPS) is 10.8. The molecule has 0 bridgehead atoms. The Hall–Kier alpha value is -1.86. The third-order valence-corrected chi connectivity index (χ3v) is 4.25. The quantitative estimate of drug-likeness (QED) is 0.805. The van der Waals surface area contributed by atoms with Crippen molar-refractivity contribution < 1.29 is 4.79 Å². The fourth-order valence-corrected chi connectivity index (χ4v) is 3.02. The van der Waals surface area contributed by atoms with Gasteiger partial charge in [-0.1, -0.05) is 11.4 Å². The molecular weight excluding hydrogens is 280 g/mol. The minimum atomic E-state index is -0.158. The Balaban J connectivity index is 1.86. The number of benzene rings is 1. The molecule has 3 rings (SSSR count). The third kappa shape index (κ3) is 2.34. The predicted molar refractivity (Wildman–Crippen MR) is 76.9 cm³/mol. The van der Waals surface area contributed by atoms with E-state index >= 15 is 0 Å². The van der Waals surface area contributed by atoms with Crippen LogP contribution in [0.5, 0.6) is 0 Å². The largest absolute Gasteiger partial charge is 0.321 e. The number of hydrogen-bond donors (Lipinski definition) is 1. The van der Waals surface area contributed by atoms with Crippen LogP contribution in [0.1, 0.15) is 22.3 Å². The zero-order valence-electron chi connectivity index (χ0n) is 10.1. The van der Waals surface area contributed by atoms with Crippen LogP contribution < -0.4 is 5.32 Å². The SMILES string of the molecule is CCc1nnsc1C(=O)Nc1ccc2sncc2c1. The Kier molecular flexibility index (Phi) is 3.22. The molecule has 2 heterocycles. The number of hydrogen-bond acceptors (Lipinski definition) is 6. The average molecular weight is 290 g/mol. The van der Waals surface area contributed by atoms with Crippen molar-refractivity contribution in [3.8, 4) is 0 Å². The fraction of sp³-hybridized carbons (Fsp3) is 0.167. The van der Waals surface area contributed by atoms with Gasteiger partial charge in [0.25, 0.3) is 5.91 Å². The molecule has 3 aromatic rings. The lowest BCUT2D eigenvalue weighted by Crippen LogP contribution is -2.12. The van der Waals surface area contributed by atoms with Gasteiger partial charge in [-0.05, 0) is 47.7 Å². The summed E-state index contributed by atoms with van der Waals surface area (Å²) in [7, 11) is 0. The second kappa shape index (κ2) is 5.02. The summed E-state index contributed by atoms with van der Waals surface area (Å²) < 4.78 is 9.03. The first kappa shape index (κ1) is 12.2. The molecule has 7 heteroatoms. The van der Waals surface area contributed by atoms with E-state index in [-0.39, 0.29) is 5.91 Å². The van der Waals surface area contributed by atoms with Gasteiger partial charge in [-0.3, -0.25) is 4.79 Å². The molecule has 0 spiro atoms. The molecular formula is C12H10N4OS2. The van der Waals surface area contributed by atoms with Crippen molar-refractivity contribution in [1.82, 2.24) is 14.0 Å². The minimum absolute atomic E-state index is 0.158. The number of nitrogens with zero attached hydrogens (tertiary/aromatic N) is 3. The molecule has 0 fully saturated rings. The van der Waals surface area contributed by atoms with Crippen LogP contribution in [-0.4, -0.2) is 19.9 Å². The van der Waals surface area contributed by atoms with E-state index in [1.54, 1.807) is 6.20 Å². The molecule has 0 radical (unpaired) electrons. The van der Waals surface area contributed by atoms with Gasteiger partial charge in [0.05, 0.1) is 10.4 Å². The van der Waals surface area contributed by atoms with Crippen LogP contribution in [0.2, 0.25) is 0 Å². The lowest BCUT2D eigenvalue weighted by Gasteiger charge is -2.03. The van der Waals surface area contributed by atoms with E-state index in [1.165, 1.54) is 11.5 Å². The first-order valence-corrected chi connectivity index (χ1v) is 7.29. The molecule has 0 aliphatic carbocycles. The van der Waals surface area contributed by atoms with Gasteiger partial charge in [-0.25, -0.2) is 0 Å². The number of rotatable bonds is 3. The van der Waals surface area contributed by atoms with Crippen LogP contribution in [0.25, 0.3) is 10.1 Å². The van der Waals surface area contributed by atoms with Crippen LogP contribution in [-0.2, 0) is 6.42 Å². The first-order valence-electron chi connectivity index (χ1n) is 5.75. The van der Waals surface area contributed by atoms with Gasteiger partial charge >= 0.3 is 0 Å². The standard InChI is InChI=1S/C12H10N4OS2/c1-2-9-11(19-16-15-9)12(17)14-8-3-4-10-7(5-8)6-13-18-10/h3-6H,2H2,1H3,(H,14,17). The third-order valence-electron chi connectivity index (χ3n) is 2.71. The summed E-state index contributed by atoms with van der Waals surface area (Å²) in [4.78, 5) is 12.7. The lowest BCUT2D eigenvalue weighted by molar-refractivity contribution is 0.102. The zero-order chi connectivity index (χ0) is 13.2. The summed E-state index contributed by atoms with van der Waals surface area (Å²) in [6, 6.07) is 5.74. The van der Waals surface area contributed by atoms with Crippen molar-refractivity contribution >= 4 is 44.7 Å². The number of anilines is 1. The molecule has 0 unspecified atom stereocenters. The van der Waals surface area contributed by atoms with Crippen molar-refractivity contribution in [2.75, 3.05) is 5.32 Å². The molecule has 0 saturated heterocycles. The summed E-state index contributed by atoms with van der Waals surface area (Å²) >= 11 is 2.56. The average Bonchev–Trinajstić information content (AvgIpc) is 3.06. The highest BCUT2D eigenvalue weighted by Crippen LogP contribution is 2.23. The Labute approximate surface area is 117 Å². The van der Waals surface area contributed by atoms with Crippen molar-refractivity contribution in [2.45, 2.75) is 13.3 Å². The molecule has 5 nitrogen and oxygen atoms in total. The summed E-state index contributed by atoms with van der Waals surface area (Å²) in [6.45, 7) is 1.95. The Morgan fingerprint density at radius 3 is 3.11 bits per heavy atom. The molecule has 1 N–H and O–H groups in total. The number of nitrogens with one attached hydrogen (secondary N) is 1. The van der Waals surface area contributed by atoms with Crippen LogP contribution >= 0.6 is 23.1 Å². The highest BCUT2D eigenvalue weighted by molar-refractivity contribution is 7.13. The Morgan fingerprint density at radius 2 is 2.26 bits per heavy atom. The number of carbonyl (C=O) groups excluding carboxylic acids is 1. The Bertz CT molecular complexity index is 734. The summed E-state index contributed by atoms with van der Waals surface area (Å²) in [5, 5.41) is 7.84. The second-order valence-electron chi connectivity index (χ2n) is 3.93. The molecule has 0 aliphatic rings. The highest BCUT2D eigenvalue weighted by atomic mass is 32.1. The summed E-state index contributed by atoms with van der Waals surface area (Å²) in [6.07, 6.45) is 2.49. The molecule has 96 valence electrons. The van der Waals surface area contributed by atoms with Crippen LogP contribution in [0.3, 0.4) is 0 Å². The summed E-state index contributed by atoms with van der Waals surface area (Å²) in [5.41, 5.74) is 1.49. The maximum Gasteiger partial charge on any atom is 0.269 e. The fourth-order valence-electron chi connectivity index (χ4n) is 1.75. The highest BCUT2D eigenvalue weighted by Gasteiger charge is 2.15. The molecule has 19 heavy (non-hydrogen) atoms. The number of aryl methyl sites for hydroxylation is 1. The maximum atomic E-state index is 12.1. The van der Waals surface area contributed by atoms with E-state index in [4.69, 9.17) is 0 Å². The van der Waals surface area contributed by atoms with Gasteiger partial charge < -0.3 is 5.32 Å². The molecule has 0 aliphatic heterocycles. The lowest BCUT2D eigenvalue weighted by atomic mass is 10.2. The van der Waals surface area contributed by atoms with Crippen LogP contribution in [0.15, 0.2) is 24.4 Å². The van der Waals surface area contributed by atoms with Crippen molar-refractivity contribution in [3.63, 3.8) is 0 Å². The van der Waals surface area contributed by atoms with E-state index in [0.29, 0.717) is 11.3 Å². The second-order valence-corrected chi connectivity index (χ2v) is 5.52.